The summed E-state index contributed by atoms with van der Waals surface area (Å²) in [7, 11) is 0. The van der Waals surface area contributed by atoms with Crippen molar-refractivity contribution in [2.24, 2.45) is 0 Å². The summed E-state index contributed by atoms with van der Waals surface area (Å²) < 4.78 is 15.7. The van der Waals surface area contributed by atoms with E-state index in [-0.39, 0.29) is 25.3 Å². The number of hydrogen-bond acceptors (Lipinski definition) is 6. The third-order valence-electron chi connectivity index (χ3n) is 3.93. The van der Waals surface area contributed by atoms with Gasteiger partial charge in [-0.05, 0) is 55.1 Å². The van der Waals surface area contributed by atoms with Gasteiger partial charge in [0.1, 0.15) is 0 Å². The second-order valence-corrected chi connectivity index (χ2v) is 6.59. The molecule has 0 aliphatic carbocycles. The van der Waals surface area contributed by atoms with E-state index in [9.17, 15) is 9.59 Å². The van der Waals surface area contributed by atoms with Crippen LogP contribution >= 0.6 is 11.8 Å². The molecule has 1 atom stereocenters. The Morgan fingerprint density at radius 3 is 2.62 bits per heavy atom. The van der Waals surface area contributed by atoms with Crippen molar-refractivity contribution in [3.63, 3.8) is 0 Å². The minimum Gasteiger partial charge on any atom is -0.454 e. The lowest BCUT2D eigenvalue weighted by molar-refractivity contribution is -0.124. The average molecular weight is 373 g/mol. The number of benzene rings is 2. The first-order valence-electron chi connectivity index (χ1n) is 8.07. The Kier molecular flexibility index (Phi) is 5.68. The number of fused-ring (bicyclic) bond motifs is 1. The van der Waals surface area contributed by atoms with Gasteiger partial charge in [-0.25, -0.2) is 4.79 Å². The number of rotatable bonds is 6. The number of esters is 1. The van der Waals surface area contributed by atoms with Crippen molar-refractivity contribution < 1.29 is 23.8 Å². The van der Waals surface area contributed by atoms with Crippen LogP contribution in [0, 0.1) is 0 Å². The maximum absolute atomic E-state index is 12.0. The standard InChI is InChI=1S/C19H19NO5S/c1-12(14-5-8-16-17(9-14)25-11-24-16)20-18(21)10-23-19(22)13-3-6-15(26-2)7-4-13/h3-9,12H,10-11H2,1-2H3,(H,20,21)/t12-/m1/s1. The molecule has 1 aliphatic rings. The van der Waals surface area contributed by atoms with Crippen LogP contribution in [0.3, 0.4) is 0 Å². The van der Waals surface area contributed by atoms with Crippen molar-refractivity contribution in [1.29, 1.82) is 0 Å². The molecule has 1 heterocycles. The third kappa shape index (κ3) is 4.29. The Labute approximate surface area is 155 Å². The van der Waals surface area contributed by atoms with E-state index in [0.717, 1.165) is 10.5 Å². The van der Waals surface area contributed by atoms with Crippen molar-refractivity contribution in [1.82, 2.24) is 5.32 Å². The Hall–Kier alpha value is -2.67. The van der Waals surface area contributed by atoms with Gasteiger partial charge in [-0.2, -0.15) is 0 Å². The van der Waals surface area contributed by atoms with Gasteiger partial charge < -0.3 is 19.5 Å². The highest BCUT2D eigenvalue weighted by atomic mass is 32.2. The maximum atomic E-state index is 12.0. The monoisotopic (exact) mass is 373 g/mol. The Morgan fingerprint density at radius 2 is 1.88 bits per heavy atom. The van der Waals surface area contributed by atoms with Crippen molar-refractivity contribution in [2.45, 2.75) is 17.9 Å². The van der Waals surface area contributed by atoms with Crippen LogP contribution in [0.1, 0.15) is 28.9 Å². The molecule has 0 radical (unpaired) electrons. The molecule has 1 aliphatic heterocycles. The number of thioether (sulfide) groups is 1. The third-order valence-corrected chi connectivity index (χ3v) is 4.68. The summed E-state index contributed by atoms with van der Waals surface area (Å²) in [4.78, 5) is 25.1. The zero-order valence-corrected chi connectivity index (χ0v) is 15.3. The van der Waals surface area contributed by atoms with Gasteiger partial charge in [0.25, 0.3) is 5.91 Å². The first kappa shape index (κ1) is 18.1. The van der Waals surface area contributed by atoms with Crippen LogP contribution in [0.25, 0.3) is 0 Å². The minimum atomic E-state index is -0.525. The number of ether oxygens (including phenoxy) is 3. The topological polar surface area (TPSA) is 73.9 Å². The predicted octanol–water partition coefficient (Wildman–Crippen LogP) is 3.17. The molecule has 26 heavy (non-hydrogen) atoms. The summed E-state index contributed by atoms with van der Waals surface area (Å²) in [6.07, 6.45) is 1.96. The number of amides is 1. The van der Waals surface area contributed by atoms with E-state index >= 15 is 0 Å². The SMILES string of the molecule is CSc1ccc(C(=O)OCC(=O)N[C@H](C)c2ccc3c(c2)OCO3)cc1. The van der Waals surface area contributed by atoms with Crippen molar-refractivity contribution >= 4 is 23.6 Å². The molecule has 0 saturated carbocycles. The fourth-order valence-electron chi connectivity index (χ4n) is 2.49. The molecule has 1 N–H and O–H groups in total. The van der Waals surface area contributed by atoms with Crippen molar-refractivity contribution in [3.05, 3.63) is 53.6 Å². The number of carbonyl (C=O) groups excluding carboxylic acids is 2. The van der Waals surface area contributed by atoms with Crippen molar-refractivity contribution in [3.8, 4) is 11.5 Å². The van der Waals surface area contributed by atoms with Gasteiger partial charge in [-0.3, -0.25) is 4.79 Å². The van der Waals surface area contributed by atoms with E-state index in [2.05, 4.69) is 5.32 Å². The van der Waals surface area contributed by atoms with Gasteiger partial charge in [0.15, 0.2) is 18.1 Å². The van der Waals surface area contributed by atoms with Crippen LogP contribution in [-0.2, 0) is 9.53 Å². The van der Waals surface area contributed by atoms with Gasteiger partial charge in [0.2, 0.25) is 6.79 Å². The van der Waals surface area contributed by atoms with Crippen molar-refractivity contribution in [2.75, 3.05) is 19.7 Å². The van der Waals surface area contributed by atoms with Gasteiger partial charge in [-0.1, -0.05) is 6.07 Å². The van der Waals surface area contributed by atoms with E-state index in [1.54, 1.807) is 30.0 Å². The summed E-state index contributed by atoms with van der Waals surface area (Å²) in [6.45, 7) is 1.71. The fourth-order valence-corrected chi connectivity index (χ4v) is 2.90. The maximum Gasteiger partial charge on any atom is 0.338 e. The molecule has 3 rings (SSSR count). The van der Waals surface area contributed by atoms with E-state index in [1.165, 1.54) is 0 Å². The summed E-state index contributed by atoms with van der Waals surface area (Å²) in [5.74, 6) is 0.449. The number of nitrogens with one attached hydrogen (secondary N) is 1. The summed E-state index contributed by atoms with van der Waals surface area (Å²) in [6, 6.07) is 12.3. The Bertz CT molecular complexity index is 806. The van der Waals surface area contributed by atoms with E-state index < -0.39 is 5.97 Å². The molecule has 0 aromatic heterocycles. The first-order chi connectivity index (χ1) is 12.6. The highest BCUT2D eigenvalue weighted by molar-refractivity contribution is 7.98. The number of carbonyl (C=O) groups is 2. The highest BCUT2D eigenvalue weighted by Gasteiger charge is 2.17. The van der Waals surface area contributed by atoms with Crippen LogP contribution in [-0.4, -0.2) is 31.5 Å². The summed E-state index contributed by atoms with van der Waals surface area (Å²) >= 11 is 1.59. The molecular weight excluding hydrogens is 354 g/mol. The average Bonchev–Trinajstić information content (AvgIpc) is 3.14. The molecule has 0 bridgehead atoms. The Balaban J connectivity index is 1.51. The quantitative estimate of drug-likeness (QED) is 0.619. The molecule has 0 fully saturated rings. The van der Waals surface area contributed by atoms with E-state index in [0.29, 0.717) is 17.1 Å². The zero-order chi connectivity index (χ0) is 18.5. The summed E-state index contributed by atoms with van der Waals surface area (Å²) in [5, 5.41) is 2.80. The van der Waals surface area contributed by atoms with Crippen LogP contribution in [0.15, 0.2) is 47.4 Å². The normalized spacial score (nSPS) is 13.2. The molecule has 0 spiro atoms. The van der Waals surface area contributed by atoms with Crippen LogP contribution in [0.5, 0.6) is 11.5 Å². The van der Waals surface area contributed by atoms with Gasteiger partial charge in [-0.15, -0.1) is 11.8 Å². The molecule has 6 nitrogen and oxygen atoms in total. The zero-order valence-electron chi connectivity index (χ0n) is 14.5. The first-order valence-corrected chi connectivity index (χ1v) is 9.29. The predicted molar refractivity (Wildman–Crippen MR) is 97.6 cm³/mol. The van der Waals surface area contributed by atoms with Gasteiger partial charge in [0.05, 0.1) is 11.6 Å². The fraction of sp³-hybridized carbons (Fsp3) is 0.263. The van der Waals surface area contributed by atoms with E-state index in [1.807, 2.05) is 37.4 Å². The molecule has 0 saturated heterocycles. The van der Waals surface area contributed by atoms with Gasteiger partial charge >= 0.3 is 5.97 Å². The molecule has 2 aromatic rings. The smallest absolute Gasteiger partial charge is 0.338 e. The molecule has 1 amide bonds. The lowest BCUT2D eigenvalue weighted by Gasteiger charge is -2.15. The minimum absolute atomic E-state index is 0.202. The second kappa shape index (κ2) is 8.14. The molecule has 136 valence electrons. The van der Waals surface area contributed by atoms with E-state index in [4.69, 9.17) is 14.2 Å². The molecule has 0 unspecified atom stereocenters. The largest absolute Gasteiger partial charge is 0.454 e. The summed E-state index contributed by atoms with van der Waals surface area (Å²) in [5.41, 5.74) is 1.29. The van der Waals surface area contributed by atoms with Crippen LogP contribution in [0.4, 0.5) is 0 Å². The lowest BCUT2D eigenvalue weighted by Crippen LogP contribution is -2.31. The van der Waals surface area contributed by atoms with Gasteiger partial charge in [0, 0.05) is 4.90 Å². The molecule has 2 aromatic carbocycles. The Morgan fingerprint density at radius 1 is 1.15 bits per heavy atom. The molecule has 7 heteroatoms. The van der Waals surface area contributed by atoms with Crippen LogP contribution < -0.4 is 14.8 Å². The number of hydrogen-bond donors (Lipinski definition) is 1. The van der Waals surface area contributed by atoms with Crippen LogP contribution in [0.2, 0.25) is 0 Å². The lowest BCUT2D eigenvalue weighted by atomic mass is 10.1. The second-order valence-electron chi connectivity index (χ2n) is 5.71. The molecular formula is C19H19NO5S. The highest BCUT2D eigenvalue weighted by Crippen LogP contribution is 2.34.